The number of benzene rings is 1. The third-order valence-electron chi connectivity index (χ3n) is 3.66. The summed E-state index contributed by atoms with van der Waals surface area (Å²) in [5, 5.41) is 12.6. The van der Waals surface area contributed by atoms with Crippen molar-refractivity contribution in [1.29, 1.82) is 0 Å². The zero-order valence-corrected chi connectivity index (χ0v) is 12.3. The third kappa shape index (κ3) is 4.86. The highest BCUT2D eigenvalue weighted by Gasteiger charge is 2.30. The number of hydrogen-bond acceptors (Lipinski definition) is 4. The fourth-order valence-electron chi connectivity index (χ4n) is 2.70. The molecule has 0 spiro atoms. The highest BCUT2D eigenvalue weighted by atomic mass is 19.4. The molecule has 0 aromatic heterocycles. The monoisotopic (exact) mass is 318 g/mol. The summed E-state index contributed by atoms with van der Waals surface area (Å²) in [6.07, 6.45) is -3.90. The number of hydrogen-bond donors (Lipinski definition) is 2. The Morgan fingerprint density at radius 3 is 2.55 bits per heavy atom. The van der Waals surface area contributed by atoms with Gasteiger partial charge in [0.2, 0.25) is 0 Å². The molecule has 2 rings (SSSR count). The molecule has 1 atom stereocenters. The van der Waals surface area contributed by atoms with Gasteiger partial charge in [-0.15, -0.1) is 0 Å². The predicted octanol–water partition coefficient (Wildman–Crippen LogP) is 1.96. The van der Waals surface area contributed by atoms with Crippen LogP contribution in [-0.4, -0.2) is 55.6 Å². The van der Waals surface area contributed by atoms with Crippen molar-refractivity contribution in [2.45, 2.75) is 18.6 Å². The summed E-state index contributed by atoms with van der Waals surface area (Å²) in [6, 6.07) is 6.61. The fourth-order valence-corrected chi connectivity index (χ4v) is 2.70. The van der Waals surface area contributed by atoms with Crippen LogP contribution in [0, 0.1) is 0 Å². The fraction of sp³-hybridized carbons (Fsp3) is 0.600. The number of para-hydroxylation sites is 1. The second kappa shape index (κ2) is 7.80. The zero-order valence-electron chi connectivity index (χ0n) is 12.3. The lowest BCUT2D eigenvalue weighted by Crippen LogP contribution is -2.45. The Balaban J connectivity index is 2.19. The van der Waals surface area contributed by atoms with E-state index in [1.165, 1.54) is 0 Å². The molecule has 1 aromatic carbocycles. The van der Waals surface area contributed by atoms with Crippen LogP contribution >= 0.6 is 0 Å². The summed E-state index contributed by atoms with van der Waals surface area (Å²) in [5.41, 5.74) is 0.697. The van der Waals surface area contributed by atoms with Gasteiger partial charge in [-0.25, -0.2) is 0 Å². The molecule has 0 aliphatic carbocycles. The van der Waals surface area contributed by atoms with Crippen LogP contribution in [0.4, 0.5) is 13.2 Å². The Bertz CT molecular complexity index is 462. The van der Waals surface area contributed by atoms with Gasteiger partial charge in [0.25, 0.3) is 0 Å². The maximum absolute atomic E-state index is 12.4. The summed E-state index contributed by atoms with van der Waals surface area (Å²) in [4.78, 5) is 2.17. The number of halogens is 3. The number of nitrogens with zero attached hydrogens (tertiary/aromatic N) is 1. The Hall–Kier alpha value is -1.31. The smallest absolute Gasteiger partial charge is 0.422 e. The number of piperazine rings is 1. The van der Waals surface area contributed by atoms with Gasteiger partial charge in [0, 0.05) is 44.4 Å². The number of aliphatic hydroxyl groups excluding tert-OH is 1. The molecule has 0 bridgehead atoms. The van der Waals surface area contributed by atoms with Crippen LogP contribution < -0.4 is 10.1 Å². The van der Waals surface area contributed by atoms with E-state index >= 15 is 0 Å². The van der Waals surface area contributed by atoms with Crippen LogP contribution in [0.3, 0.4) is 0 Å². The van der Waals surface area contributed by atoms with E-state index in [9.17, 15) is 18.3 Å². The highest BCUT2D eigenvalue weighted by Crippen LogP contribution is 2.32. The SMILES string of the molecule is OCCC(c1ccccc1OCC(F)(F)F)N1CCNCC1. The van der Waals surface area contributed by atoms with Gasteiger partial charge in [-0.3, -0.25) is 4.90 Å². The summed E-state index contributed by atoms with van der Waals surface area (Å²) in [7, 11) is 0. The van der Waals surface area contributed by atoms with Crippen LogP contribution in [0.25, 0.3) is 0 Å². The topological polar surface area (TPSA) is 44.7 Å². The lowest BCUT2D eigenvalue weighted by molar-refractivity contribution is -0.153. The number of ether oxygens (including phenoxy) is 1. The van der Waals surface area contributed by atoms with Crippen LogP contribution in [0.1, 0.15) is 18.0 Å². The molecule has 0 amide bonds. The van der Waals surface area contributed by atoms with Gasteiger partial charge >= 0.3 is 6.18 Å². The standard InChI is InChI=1S/C15H21F3N2O2/c16-15(17,18)11-22-14-4-2-1-3-12(14)13(5-10-21)20-8-6-19-7-9-20/h1-4,13,19,21H,5-11H2. The zero-order chi connectivity index (χ0) is 16.0. The van der Waals surface area contributed by atoms with E-state index in [1.54, 1.807) is 24.3 Å². The molecular weight excluding hydrogens is 297 g/mol. The van der Waals surface area contributed by atoms with Crippen molar-refractivity contribution in [2.75, 3.05) is 39.4 Å². The first-order valence-electron chi connectivity index (χ1n) is 7.35. The molecule has 1 fully saturated rings. The van der Waals surface area contributed by atoms with E-state index in [0.717, 1.165) is 26.2 Å². The number of nitrogens with one attached hydrogen (secondary N) is 1. The molecule has 4 nitrogen and oxygen atoms in total. The van der Waals surface area contributed by atoms with Crippen molar-refractivity contribution in [3.8, 4) is 5.75 Å². The summed E-state index contributed by atoms with van der Waals surface area (Å²) >= 11 is 0. The molecule has 1 aromatic rings. The average Bonchev–Trinajstić information content (AvgIpc) is 2.51. The molecular formula is C15H21F3N2O2. The predicted molar refractivity (Wildman–Crippen MR) is 76.9 cm³/mol. The molecule has 7 heteroatoms. The number of alkyl halides is 3. The number of rotatable bonds is 6. The average molecular weight is 318 g/mol. The van der Waals surface area contributed by atoms with Gasteiger partial charge in [0.05, 0.1) is 0 Å². The summed E-state index contributed by atoms with van der Waals surface area (Å²) < 4.78 is 42.2. The maximum atomic E-state index is 12.4. The first-order valence-corrected chi connectivity index (χ1v) is 7.35. The first kappa shape index (κ1) is 17.1. The van der Waals surface area contributed by atoms with Crippen molar-refractivity contribution in [3.63, 3.8) is 0 Å². The Kier molecular flexibility index (Phi) is 6.05. The van der Waals surface area contributed by atoms with E-state index in [4.69, 9.17) is 4.74 Å². The van der Waals surface area contributed by atoms with Gasteiger partial charge in [-0.1, -0.05) is 18.2 Å². The summed E-state index contributed by atoms with van der Waals surface area (Å²) in [6.45, 7) is 1.90. The van der Waals surface area contributed by atoms with Gasteiger partial charge < -0.3 is 15.2 Å². The molecule has 1 unspecified atom stereocenters. The largest absolute Gasteiger partial charge is 0.484 e. The van der Waals surface area contributed by atoms with Gasteiger partial charge in [-0.2, -0.15) is 13.2 Å². The van der Waals surface area contributed by atoms with E-state index < -0.39 is 12.8 Å². The van der Waals surface area contributed by atoms with E-state index in [2.05, 4.69) is 10.2 Å². The van der Waals surface area contributed by atoms with Gasteiger partial charge in [0.1, 0.15) is 5.75 Å². The van der Waals surface area contributed by atoms with Crippen molar-refractivity contribution in [3.05, 3.63) is 29.8 Å². The molecule has 22 heavy (non-hydrogen) atoms. The minimum atomic E-state index is -4.37. The van der Waals surface area contributed by atoms with E-state index in [1.807, 2.05) is 0 Å². The van der Waals surface area contributed by atoms with Crippen molar-refractivity contribution < 1.29 is 23.0 Å². The molecule has 1 aliphatic heterocycles. The molecule has 1 heterocycles. The van der Waals surface area contributed by atoms with Crippen molar-refractivity contribution in [1.82, 2.24) is 10.2 Å². The normalized spacial score (nSPS) is 18.2. The van der Waals surface area contributed by atoms with Crippen LogP contribution in [0.15, 0.2) is 24.3 Å². The maximum Gasteiger partial charge on any atom is 0.422 e. The van der Waals surface area contributed by atoms with Crippen molar-refractivity contribution >= 4 is 0 Å². The Labute approximate surface area is 127 Å². The lowest BCUT2D eigenvalue weighted by Gasteiger charge is -2.35. The first-order chi connectivity index (χ1) is 10.5. The molecule has 124 valence electrons. The molecule has 0 saturated carbocycles. The molecule has 1 saturated heterocycles. The third-order valence-corrected chi connectivity index (χ3v) is 3.66. The second-order valence-electron chi connectivity index (χ2n) is 5.26. The number of aliphatic hydroxyl groups is 1. The second-order valence-corrected chi connectivity index (χ2v) is 5.26. The summed E-state index contributed by atoms with van der Waals surface area (Å²) in [5.74, 6) is 0.233. The molecule has 1 aliphatic rings. The van der Waals surface area contributed by atoms with E-state index in [0.29, 0.717) is 12.0 Å². The lowest BCUT2D eigenvalue weighted by atomic mass is 10.0. The van der Waals surface area contributed by atoms with Gasteiger partial charge in [-0.05, 0) is 12.5 Å². The van der Waals surface area contributed by atoms with Crippen LogP contribution in [0.5, 0.6) is 5.75 Å². The molecule has 2 N–H and O–H groups in total. The van der Waals surface area contributed by atoms with E-state index in [-0.39, 0.29) is 18.4 Å². The van der Waals surface area contributed by atoms with Crippen molar-refractivity contribution in [2.24, 2.45) is 0 Å². The molecule has 0 radical (unpaired) electrons. The van der Waals surface area contributed by atoms with Crippen LogP contribution in [0.2, 0.25) is 0 Å². The quantitative estimate of drug-likeness (QED) is 0.842. The highest BCUT2D eigenvalue weighted by molar-refractivity contribution is 5.36. The Morgan fingerprint density at radius 1 is 1.23 bits per heavy atom. The minimum Gasteiger partial charge on any atom is -0.484 e. The minimum absolute atomic E-state index is 0.0256. The van der Waals surface area contributed by atoms with Crippen LogP contribution in [-0.2, 0) is 0 Å². The van der Waals surface area contributed by atoms with Gasteiger partial charge in [0.15, 0.2) is 6.61 Å². The Morgan fingerprint density at radius 2 is 1.91 bits per heavy atom.